The molecule has 1 aromatic carbocycles. The molecule has 1 aromatic rings. The van der Waals surface area contributed by atoms with Crippen molar-refractivity contribution in [3.63, 3.8) is 0 Å². The number of nitrogens with zero attached hydrogens (tertiary/aromatic N) is 1. The van der Waals surface area contributed by atoms with Crippen LogP contribution < -0.4 is 10.2 Å². The number of quaternary nitrogens is 1. The molecule has 2 N–H and O–H groups in total. The highest BCUT2D eigenvalue weighted by atomic mass is 16.6. The quantitative estimate of drug-likeness (QED) is 0.819. The van der Waals surface area contributed by atoms with Gasteiger partial charge in [-0.05, 0) is 30.9 Å². The minimum absolute atomic E-state index is 0.0235. The van der Waals surface area contributed by atoms with Crippen LogP contribution in [0.25, 0.3) is 0 Å². The molecule has 2 rings (SSSR count). The Hall–Kier alpha value is -2.08. The van der Waals surface area contributed by atoms with Crippen LogP contribution in [0.4, 0.5) is 10.5 Å². The highest BCUT2D eigenvalue weighted by Gasteiger charge is 2.26. The number of para-hydroxylation sites is 1. The lowest BCUT2D eigenvalue weighted by atomic mass is 9.97. The van der Waals surface area contributed by atoms with Crippen molar-refractivity contribution in [1.82, 2.24) is 4.90 Å². The first-order valence-electron chi connectivity index (χ1n) is 9.19. The Morgan fingerprint density at radius 3 is 2.56 bits per heavy atom. The Labute approximate surface area is 150 Å². The molecule has 138 valence electrons. The summed E-state index contributed by atoms with van der Waals surface area (Å²) in [6.45, 7) is 9.73. The number of rotatable bonds is 6. The predicted octanol–water partition coefficient (Wildman–Crippen LogP) is 1.50. The minimum Gasteiger partial charge on any atom is -0.450 e. The second-order valence-electron chi connectivity index (χ2n) is 6.56. The van der Waals surface area contributed by atoms with Crippen molar-refractivity contribution in [3.05, 3.63) is 29.8 Å². The Morgan fingerprint density at radius 2 is 1.92 bits per heavy atom. The minimum atomic E-state index is -0.256. The van der Waals surface area contributed by atoms with E-state index in [1.807, 2.05) is 18.2 Å². The molecule has 1 fully saturated rings. The molecular formula is C19H30N3O3+. The molecule has 6 heteroatoms. The first kappa shape index (κ1) is 19.2. The van der Waals surface area contributed by atoms with Gasteiger partial charge in [-0.15, -0.1) is 0 Å². The van der Waals surface area contributed by atoms with Gasteiger partial charge in [-0.3, -0.25) is 9.69 Å². The molecule has 0 aliphatic carbocycles. The summed E-state index contributed by atoms with van der Waals surface area (Å²) < 4.78 is 5.02. The number of hydrogen-bond acceptors (Lipinski definition) is 3. The van der Waals surface area contributed by atoms with Crippen molar-refractivity contribution in [2.45, 2.75) is 33.1 Å². The monoisotopic (exact) mass is 348 g/mol. The van der Waals surface area contributed by atoms with Gasteiger partial charge in [0, 0.05) is 5.69 Å². The zero-order valence-corrected chi connectivity index (χ0v) is 15.5. The van der Waals surface area contributed by atoms with Gasteiger partial charge in [0.2, 0.25) is 0 Å². The molecule has 1 aliphatic heterocycles. The molecule has 0 unspecified atom stereocenters. The van der Waals surface area contributed by atoms with Crippen LogP contribution in [0.1, 0.15) is 38.7 Å². The van der Waals surface area contributed by atoms with E-state index in [9.17, 15) is 9.59 Å². The van der Waals surface area contributed by atoms with Crippen LogP contribution in [0.5, 0.6) is 0 Å². The summed E-state index contributed by atoms with van der Waals surface area (Å²) in [7, 11) is 0. The highest BCUT2D eigenvalue weighted by molar-refractivity contribution is 5.92. The number of nitrogens with one attached hydrogen (secondary N) is 2. The summed E-state index contributed by atoms with van der Waals surface area (Å²) in [4.78, 5) is 27.0. The van der Waals surface area contributed by atoms with Gasteiger partial charge in [-0.25, -0.2) is 4.79 Å². The topological polar surface area (TPSA) is 63.1 Å². The maximum absolute atomic E-state index is 12.4. The maximum atomic E-state index is 12.4. The second kappa shape index (κ2) is 9.42. The first-order valence-corrected chi connectivity index (χ1v) is 9.19. The summed E-state index contributed by atoms with van der Waals surface area (Å²) in [6.07, 6.45) is 0.780. The van der Waals surface area contributed by atoms with Crippen LogP contribution in [-0.2, 0) is 9.53 Å². The van der Waals surface area contributed by atoms with E-state index in [2.05, 4.69) is 25.2 Å². The Balaban J connectivity index is 1.85. The van der Waals surface area contributed by atoms with E-state index in [4.69, 9.17) is 4.74 Å². The van der Waals surface area contributed by atoms with E-state index >= 15 is 0 Å². The summed E-state index contributed by atoms with van der Waals surface area (Å²) in [6, 6.07) is 8.01. The van der Waals surface area contributed by atoms with E-state index in [0.717, 1.165) is 25.2 Å². The van der Waals surface area contributed by atoms with Crippen LogP contribution in [0.2, 0.25) is 0 Å². The van der Waals surface area contributed by atoms with Gasteiger partial charge in [0.25, 0.3) is 5.91 Å². The highest BCUT2D eigenvalue weighted by Crippen LogP contribution is 2.26. The smallest absolute Gasteiger partial charge is 0.410 e. The first-order chi connectivity index (χ1) is 12.0. The third kappa shape index (κ3) is 5.46. The lowest BCUT2D eigenvalue weighted by molar-refractivity contribution is -0.895. The summed E-state index contributed by atoms with van der Waals surface area (Å²) in [5, 5.41) is 3.06. The fourth-order valence-corrected chi connectivity index (χ4v) is 3.08. The Morgan fingerprint density at radius 1 is 1.24 bits per heavy atom. The van der Waals surface area contributed by atoms with Crippen molar-refractivity contribution in [2.24, 2.45) is 0 Å². The van der Waals surface area contributed by atoms with Crippen molar-refractivity contribution >= 4 is 17.7 Å². The SMILES string of the molecule is CCOC(=O)N1CC[NH+](CC(=O)Nc2ccccc2[C@H](C)CC)CC1. The van der Waals surface area contributed by atoms with Crippen LogP contribution >= 0.6 is 0 Å². The molecular weight excluding hydrogens is 318 g/mol. The zero-order chi connectivity index (χ0) is 18.2. The average Bonchev–Trinajstić information content (AvgIpc) is 2.62. The van der Waals surface area contributed by atoms with Gasteiger partial charge in [0.05, 0.1) is 32.8 Å². The molecule has 6 nitrogen and oxygen atoms in total. The summed E-state index contributed by atoms with van der Waals surface area (Å²) >= 11 is 0. The molecule has 2 amide bonds. The van der Waals surface area contributed by atoms with E-state index in [1.54, 1.807) is 11.8 Å². The van der Waals surface area contributed by atoms with Crippen molar-refractivity contribution in [2.75, 3.05) is 44.6 Å². The molecule has 1 aliphatic rings. The lowest BCUT2D eigenvalue weighted by Crippen LogP contribution is -3.15. The van der Waals surface area contributed by atoms with Gasteiger partial charge in [-0.1, -0.05) is 32.0 Å². The molecule has 0 radical (unpaired) electrons. The number of carbonyl (C=O) groups excluding carboxylic acids is 2. The molecule has 25 heavy (non-hydrogen) atoms. The molecule has 1 atom stereocenters. The lowest BCUT2D eigenvalue weighted by Gasteiger charge is -2.31. The van der Waals surface area contributed by atoms with E-state index in [1.165, 1.54) is 10.5 Å². The standard InChI is InChI=1S/C19H29N3O3/c1-4-15(3)16-8-6-7-9-17(16)20-18(23)14-21-10-12-22(13-11-21)19(24)25-5-2/h6-9,15H,4-5,10-14H2,1-3H3,(H,20,23)/p+1/t15-/m1/s1. The van der Waals surface area contributed by atoms with Gasteiger partial charge in [0.15, 0.2) is 6.54 Å². The fourth-order valence-electron chi connectivity index (χ4n) is 3.08. The summed E-state index contributed by atoms with van der Waals surface area (Å²) in [5.74, 6) is 0.437. The van der Waals surface area contributed by atoms with Gasteiger partial charge in [-0.2, -0.15) is 0 Å². The predicted molar refractivity (Wildman–Crippen MR) is 97.9 cm³/mol. The number of benzene rings is 1. The van der Waals surface area contributed by atoms with Crippen LogP contribution in [0, 0.1) is 0 Å². The van der Waals surface area contributed by atoms with Crippen molar-refractivity contribution in [3.8, 4) is 0 Å². The van der Waals surface area contributed by atoms with E-state index in [0.29, 0.717) is 32.2 Å². The van der Waals surface area contributed by atoms with Crippen LogP contribution in [0.15, 0.2) is 24.3 Å². The van der Waals surface area contributed by atoms with E-state index < -0.39 is 0 Å². The Bertz CT molecular complexity index is 583. The normalized spacial score (nSPS) is 16.4. The molecule has 0 aromatic heterocycles. The van der Waals surface area contributed by atoms with Gasteiger partial charge < -0.3 is 15.0 Å². The number of ether oxygens (including phenoxy) is 1. The summed E-state index contributed by atoms with van der Waals surface area (Å²) in [5.41, 5.74) is 2.09. The average molecular weight is 348 g/mol. The van der Waals surface area contributed by atoms with Gasteiger partial charge >= 0.3 is 6.09 Å². The Kier molecular flexibility index (Phi) is 7.25. The van der Waals surface area contributed by atoms with Crippen molar-refractivity contribution in [1.29, 1.82) is 0 Å². The number of piperazine rings is 1. The van der Waals surface area contributed by atoms with Crippen LogP contribution in [0.3, 0.4) is 0 Å². The van der Waals surface area contributed by atoms with E-state index in [-0.39, 0.29) is 12.0 Å². The fraction of sp³-hybridized carbons (Fsp3) is 0.579. The van der Waals surface area contributed by atoms with Crippen molar-refractivity contribution < 1.29 is 19.2 Å². The zero-order valence-electron chi connectivity index (χ0n) is 15.5. The number of carbonyl (C=O) groups is 2. The third-order valence-corrected chi connectivity index (χ3v) is 4.79. The molecule has 0 bridgehead atoms. The van der Waals surface area contributed by atoms with Gasteiger partial charge in [0.1, 0.15) is 0 Å². The molecule has 1 saturated heterocycles. The number of amides is 2. The number of anilines is 1. The number of hydrogen-bond donors (Lipinski definition) is 2. The molecule has 1 heterocycles. The largest absolute Gasteiger partial charge is 0.450 e. The van der Waals surface area contributed by atoms with Crippen LogP contribution in [-0.4, -0.2) is 56.2 Å². The molecule has 0 spiro atoms. The molecule has 0 saturated carbocycles. The maximum Gasteiger partial charge on any atom is 0.410 e. The second-order valence-corrected chi connectivity index (χ2v) is 6.56. The third-order valence-electron chi connectivity index (χ3n) is 4.79.